The Bertz CT molecular complexity index is 476. The summed E-state index contributed by atoms with van der Waals surface area (Å²) in [6.45, 7) is 3.04. The lowest BCUT2D eigenvalue weighted by Crippen LogP contribution is -2.21. The molecule has 21 heavy (non-hydrogen) atoms. The standard InChI is InChI=1S/C14H18F3NOS.ClH/c15-14(16,17)12-5-3-6-13(11-12)20(19)10-4-9-18-7-1-2-8-18;/h3,5-6,11H,1-2,4,7-10H2;1H. The third-order valence-electron chi connectivity index (χ3n) is 3.43. The molecule has 120 valence electrons. The molecule has 0 amide bonds. The van der Waals surface area contributed by atoms with Crippen LogP contribution >= 0.6 is 12.4 Å². The van der Waals surface area contributed by atoms with Crippen molar-refractivity contribution in [1.29, 1.82) is 0 Å². The highest BCUT2D eigenvalue weighted by atomic mass is 35.5. The molecule has 0 N–H and O–H groups in total. The van der Waals surface area contributed by atoms with Gasteiger partial charge in [0, 0.05) is 10.6 Å². The summed E-state index contributed by atoms with van der Waals surface area (Å²) in [5.41, 5.74) is -0.733. The molecule has 1 aliphatic rings. The van der Waals surface area contributed by atoms with Crippen LogP contribution in [0.2, 0.25) is 0 Å². The second-order valence-electron chi connectivity index (χ2n) is 4.98. The van der Waals surface area contributed by atoms with Crippen molar-refractivity contribution in [1.82, 2.24) is 4.90 Å². The molecular formula is C14H19ClF3NOS. The van der Waals surface area contributed by atoms with Crippen LogP contribution < -0.4 is 0 Å². The van der Waals surface area contributed by atoms with E-state index in [9.17, 15) is 17.4 Å². The van der Waals surface area contributed by atoms with E-state index in [0.29, 0.717) is 5.75 Å². The average Bonchev–Trinajstić information content (AvgIpc) is 2.91. The first-order chi connectivity index (χ1) is 9.47. The molecule has 0 radical (unpaired) electrons. The zero-order chi connectivity index (χ0) is 14.6. The Hall–Kier alpha value is -0.590. The van der Waals surface area contributed by atoms with Crippen LogP contribution in [0.15, 0.2) is 29.2 Å². The summed E-state index contributed by atoms with van der Waals surface area (Å²) < 4.78 is 49.8. The predicted molar refractivity (Wildman–Crippen MR) is 80.3 cm³/mol. The van der Waals surface area contributed by atoms with Crippen molar-refractivity contribution in [3.63, 3.8) is 0 Å². The molecule has 0 spiro atoms. The molecule has 0 aliphatic carbocycles. The van der Waals surface area contributed by atoms with Crippen LogP contribution in [0, 0.1) is 0 Å². The normalized spacial score (nSPS) is 17.5. The monoisotopic (exact) mass is 341 g/mol. The topological polar surface area (TPSA) is 20.3 Å². The first kappa shape index (κ1) is 18.5. The van der Waals surface area contributed by atoms with Crippen LogP contribution in [0.25, 0.3) is 0 Å². The van der Waals surface area contributed by atoms with Gasteiger partial charge < -0.3 is 4.90 Å². The summed E-state index contributed by atoms with van der Waals surface area (Å²) in [5.74, 6) is 0.414. The molecule has 1 fully saturated rings. The Kier molecular flexibility index (Phi) is 7.16. The van der Waals surface area contributed by atoms with E-state index < -0.39 is 22.5 Å². The molecule has 0 saturated carbocycles. The summed E-state index contributed by atoms with van der Waals surface area (Å²) in [7, 11) is -1.36. The van der Waals surface area contributed by atoms with Crippen LogP contribution in [-0.4, -0.2) is 34.5 Å². The summed E-state index contributed by atoms with van der Waals surface area (Å²) in [6, 6.07) is 4.81. The van der Waals surface area contributed by atoms with Gasteiger partial charge in [-0.15, -0.1) is 12.4 Å². The molecule has 1 aliphatic heterocycles. The van der Waals surface area contributed by atoms with Gasteiger partial charge in [0.25, 0.3) is 0 Å². The third kappa shape index (κ3) is 5.60. The van der Waals surface area contributed by atoms with E-state index in [-0.39, 0.29) is 17.3 Å². The van der Waals surface area contributed by atoms with Gasteiger partial charge in [0.05, 0.1) is 16.4 Å². The van der Waals surface area contributed by atoms with E-state index in [1.807, 2.05) is 0 Å². The Balaban J connectivity index is 0.00000220. The Morgan fingerprint density at radius 3 is 2.48 bits per heavy atom. The van der Waals surface area contributed by atoms with Crippen molar-refractivity contribution in [3.05, 3.63) is 29.8 Å². The number of alkyl halides is 3. The molecule has 1 aromatic rings. The average molecular weight is 342 g/mol. The lowest BCUT2D eigenvalue weighted by Gasteiger charge is -2.14. The number of hydrogen-bond acceptors (Lipinski definition) is 2. The van der Waals surface area contributed by atoms with Gasteiger partial charge in [-0.25, -0.2) is 0 Å². The number of benzene rings is 1. The minimum atomic E-state index is -4.38. The fourth-order valence-corrected chi connectivity index (χ4v) is 3.47. The Labute approximate surface area is 131 Å². The highest BCUT2D eigenvalue weighted by Crippen LogP contribution is 2.30. The molecule has 0 aromatic heterocycles. The minimum absolute atomic E-state index is 0. The molecule has 1 saturated heterocycles. The highest BCUT2D eigenvalue weighted by Gasteiger charge is 2.30. The fourth-order valence-electron chi connectivity index (χ4n) is 2.36. The van der Waals surface area contributed by atoms with Crippen molar-refractivity contribution in [2.75, 3.05) is 25.4 Å². The van der Waals surface area contributed by atoms with Crippen LogP contribution in [0.4, 0.5) is 13.2 Å². The number of rotatable bonds is 5. The third-order valence-corrected chi connectivity index (χ3v) is 4.87. The molecular weight excluding hydrogens is 323 g/mol. The quantitative estimate of drug-likeness (QED) is 0.813. The van der Waals surface area contributed by atoms with Crippen LogP contribution in [0.3, 0.4) is 0 Å². The van der Waals surface area contributed by atoms with E-state index in [1.54, 1.807) is 0 Å². The second-order valence-corrected chi connectivity index (χ2v) is 6.55. The molecule has 7 heteroatoms. The van der Waals surface area contributed by atoms with E-state index in [2.05, 4.69) is 4.90 Å². The van der Waals surface area contributed by atoms with Gasteiger partial charge in [-0.3, -0.25) is 4.21 Å². The Morgan fingerprint density at radius 1 is 1.19 bits per heavy atom. The maximum absolute atomic E-state index is 12.6. The van der Waals surface area contributed by atoms with E-state index in [4.69, 9.17) is 0 Å². The summed E-state index contributed by atoms with van der Waals surface area (Å²) in [5, 5.41) is 0. The van der Waals surface area contributed by atoms with Gasteiger partial charge in [0.1, 0.15) is 0 Å². The zero-order valence-electron chi connectivity index (χ0n) is 11.6. The number of halogens is 4. The zero-order valence-corrected chi connectivity index (χ0v) is 13.2. The van der Waals surface area contributed by atoms with Crippen molar-refractivity contribution < 1.29 is 17.4 Å². The number of hydrogen-bond donors (Lipinski definition) is 0. The van der Waals surface area contributed by atoms with Gasteiger partial charge in [-0.05, 0) is 57.1 Å². The number of nitrogens with zero attached hydrogens (tertiary/aromatic N) is 1. The van der Waals surface area contributed by atoms with Crippen molar-refractivity contribution in [3.8, 4) is 0 Å². The van der Waals surface area contributed by atoms with Crippen molar-refractivity contribution >= 4 is 23.2 Å². The lowest BCUT2D eigenvalue weighted by atomic mass is 10.2. The smallest absolute Gasteiger partial charge is 0.303 e. The highest BCUT2D eigenvalue weighted by molar-refractivity contribution is 7.85. The van der Waals surface area contributed by atoms with E-state index in [1.165, 1.54) is 25.0 Å². The van der Waals surface area contributed by atoms with Gasteiger partial charge >= 0.3 is 6.18 Å². The van der Waals surface area contributed by atoms with Crippen molar-refractivity contribution in [2.45, 2.75) is 30.3 Å². The van der Waals surface area contributed by atoms with Gasteiger partial charge in [-0.2, -0.15) is 13.2 Å². The van der Waals surface area contributed by atoms with Gasteiger partial charge in [-0.1, -0.05) is 6.07 Å². The number of likely N-dealkylation sites (tertiary alicyclic amines) is 1. The van der Waals surface area contributed by atoms with E-state index in [0.717, 1.165) is 38.2 Å². The summed E-state index contributed by atoms with van der Waals surface area (Å²) >= 11 is 0. The van der Waals surface area contributed by atoms with E-state index >= 15 is 0 Å². The molecule has 1 heterocycles. The first-order valence-electron chi connectivity index (χ1n) is 6.75. The second kappa shape index (κ2) is 8.15. The van der Waals surface area contributed by atoms with Crippen molar-refractivity contribution in [2.24, 2.45) is 0 Å². The molecule has 1 unspecified atom stereocenters. The fraction of sp³-hybridized carbons (Fsp3) is 0.571. The molecule has 2 rings (SSSR count). The van der Waals surface area contributed by atoms with Gasteiger partial charge in [0.2, 0.25) is 0 Å². The maximum atomic E-state index is 12.6. The lowest BCUT2D eigenvalue weighted by molar-refractivity contribution is -0.137. The Morgan fingerprint density at radius 2 is 1.86 bits per heavy atom. The molecule has 0 bridgehead atoms. The van der Waals surface area contributed by atoms with Crippen LogP contribution in [0.1, 0.15) is 24.8 Å². The minimum Gasteiger partial charge on any atom is -0.303 e. The van der Waals surface area contributed by atoms with Gasteiger partial charge in [0.15, 0.2) is 0 Å². The molecule has 1 atom stereocenters. The first-order valence-corrected chi connectivity index (χ1v) is 8.07. The largest absolute Gasteiger partial charge is 0.416 e. The summed E-state index contributed by atoms with van der Waals surface area (Å²) in [4.78, 5) is 2.57. The molecule has 2 nitrogen and oxygen atoms in total. The summed E-state index contributed by atoms with van der Waals surface area (Å²) in [6.07, 6.45) is -1.22. The maximum Gasteiger partial charge on any atom is 0.416 e. The molecule has 1 aromatic carbocycles. The van der Waals surface area contributed by atoms with Crippen LogP contribution in [0.5, 0.6) is 0 Å². The SMILES string of the molecule is Cl.O=S(CCCN1CCCC1)c1cccc(C(F)(F)F)c1. The predicted octanol–water partition coefficient (Wildman–Crippen LogP) is 3.72. The van der Waals surface area contributed by atoms with Crippen LogP contribution in [-0.2, 0) is 17.0 Å².